The van der Waals surface area contributed by atoms with Crippen LogP contribution in [0.25, 0.3) is 0 Å². The van der Waals surface area contributed by atoms with E-state index in [0.717, 1.165) is 10.1 Å². The van der Waals surface area contributed by atoms with E-state index in [2.05, 4.69) is 20.2 Å². The Balaban J connectivity index is 1.66. The van der Waals surface area contributed by atoms with Gasteiger partial charge < -0.3 is 4.74 Å². The molecule has 2 heterocycles. The zero-order valence-electron chi connectivity index (χ0n) is 18.2. The molecule has 0 saturated carbocycles. The van der Waals surface area contributed by atoms with E-state index in [1.54, 1.807) is 37.3 Å². The van der Waals surface area contributed by atoms with Crippen molar-refractivity contribution in [1.29, 1.82) is 5.26 Å². The summed E-state index contributed by atoms with van der Waals surface area (Å²) in [7, 11) is 0. The number of nitrogens with zero attached hydrogens (tertiary/aromatic N) is 6. The molecule has 172 valence electrons. The molecule has 3 aromatic rings. The molecule has 10 nitrogen and oxygen atoms in total. The molecule has 11 heteroatoms. The molecular weight excluding hydrogens is 458 g/mol. The van der Waals surface area contributed by atoms with Gasteiger partial charge in [0.15, 0.2) is 5.69 Å². The molecule has 1 N–H and O–H groups in total. The number of alkyl halides is 1. The summed E-state index contributed by atoms with van der Waals surface area (Å²) in [5.41, 5.74) is 0.745. The number of rotatable bonds is 6. The van der Waals surface area contributed by atoms with Crippen LogP contribution in [0.5, 0.6) is 11.6 Å². The minimum absolute atomic E-state index is 0.0724. The Kier molecular flexibility index (Phi) is 6.85. The maximum atomic E-state index is 13.0. The van der Waals surface area contributed by atoms with Crippen LogP contribution >= 0.6 is 11.6 Å². The molecule has 1 aromatic carbocycles. The Bertz CT molecular complexity index is 1470. The van der Waals surface area contributed by atoms with Crippen molar-refractivity contribution >= 4 is 17.3 Å². The Hall–Kier alpha value is -4.23. The number of ether oxygens (including phenoxy) is 1. The van der Waals surface area contributed by atoms with E-state index >= 15 is 0 Å². The van der Waals surface area contributed by atoms with Gasteiger partial charge in [0.1, 0.15) is 11.8 Å². The van der Waals surface area contributed by atoms with Crippen LogP contribution in [0.15, 0.2) is 74.8 Å². The maximum Gasteiger partial charge on any atom is 0.335 e. The van der Waals surface area contributed by atoms with Crippen LogP contribution in [0.3, 0.4) is 0 Å². The lowest BCUT2D eigenvalue weighted by atomic mass is 10.1. The van der Waals surface area contributed by atoms with Crippen molar-refractivity contribution in [2.75, 3.05) is 0 Å². The van der Waals surface area contributed by atoms with Crippen molar-refractivity contribution < 1.29 is 4.74 Å². The summed E-state index contributed by atoms with van der Waals surface area (Å²) in [6.07, 6.45) is 6.37. The molecule has 4 rings (SSSR count). The van der Waals surface area contributed by atoms with Crippen LogP contribution in [-0.4, -0.2) is 29.7 Å². The van der Waals surface area contributed by atoms with Gasteiger partial charge in [-0.15, -0.1) is 21.8 Å². The van der Waals surface area contributed by atoms with Gasteiger partial charge in [0.2, 0.25) is 11.5 Å². The second kappa shape index (κ2) is 10.1. The zero-order valence-corrected chi connectivity index (χ0v) is 18.9. The summed E-state index contributed by atoms with van der Waals surface area (Å²) < 4.78 is 8.16. The maximum absolute atomic E-state index is 13.0. The number of aromatic amines is 1. The van der Waals surface area contributed by atoms with Gasteiger partial charge in [0.05, 0.1) is 17.6 Å². The van der Waals surface area contributed by atoms with E-state index in [1.807, 2.05) is 24.3 Å². The fourth-order valence-corrected chi connectivity index (χ4v) is 3.43. The van der Waals surface area contributed by atoms with E-state index in [1.165, 1.54) is 10.6 Å². The van der Waals surface area contributed by atoms with Gasteiger partial charge in [-0.25, -0.2) is 19.1 Å². The summed E-state index contributed by atoms with van der Waals surface area (Å²) >= 11 is 6.10. The van der Waals surface area contributed by atoms with Crippen LogP contribution in [0, 0.1) is 11.3 Å². The largest absolute Gasteiger partial charge is 0.438 e. The number of benzene rings is 1. The van der Waals surface area contributed by atoms with Gasteiger partial charge in [-0.2, -0.15) is 5.26 Å². The third-order valence-corrected chi connectivity index (χ3v) is 5.34. The molecular formula is C23H20ClN7O3. The lowest BCUT2D eigenvalue weighted by Gasteiger charge is -2.13. The lowest BCUT2D eigenvalue weighted by Crippen LogP contribution is -2.49. The normalized spacial score (nSPS) is 15.6. The first-order valence-electron chi connectivity index (χ1n) is 10.5. The summed E-state index contributed by atoms with van der Waals surface area (Å²) in [5.74, 6) is 0.718. The fourth-order valence-electron chi connectivity index (χ4n) is 3.27. The summed E-state index contributed by atoms with van der Waals surface area (Å²) in [5, 5.41) is 16.3. The minimum Gasteiger partial charge on any atom is -0.438 e. The molecule has 1 aliphatic rings. The van der Waals surface area contributed by atoms with Crippen LogP contribution in [-0.2, 0) is 13.1 Å². The van der Waals surface area contributed by atoms with Crippen LogP contribution in [0.2, 0.25) is 0 Å². The SMILES string of the molecule is CCn1c(=O)[nH]/c(=N\c2ccc(Oc3ccc(C#N)nn3)cc2)n(CC2=CCC(Cl)C=C2)c1=O. The van der Waals surface area contributed by atoms with Crippen molar-refractivity contribution in [3.05, 3.63) is 92.5 Å². The number of H-pyrrole nitrogens is 1. The van der Waals surface area contributed by atoms with Gasteiger partial charge in [-0.3, -0.25) is 9.55 Å². The third-order valence-electron chi connectivity index (χ3n) is 5.01. The van der Waals surface area contributed by atoms with Gasteiger partial charge in [-0.1, -0.05) is 18.2 Å². The average Bonchev–Trinajstić information content (AvgIpc) is 2.84. The van der Waals surface area contributed by atoms with E-state index in [9.17, 15) is 9.59 Å². The first-order chi connectivity index (χ1) is 16.5. The highest BCUT2D eigenvalue weighted by atomic mass is 35.5. The number of hydrogen-bond acceptors (Lipinski definition) is 7. The third kappa shape index (κ3) is 5.22. The molecule has 0 radical (unpaired) electrons. The van der Waals surface area contributed by atoms with E-state index < -0.39 is 11.4 Å². The zero-order chi connectivity index (χ0) is 24.1. The fraction of sp³-hybridized carbons (Fsp3) is 0.217. The standard InChI is InChI=1S/C23H20ClN7O3/c1-2-30-22(32)27-21(31(23(30)33)14-15-3-5-16(24)6-4-15)26-17-7-10-19(11-8-17)34-20-12-9-18(13-25)28-29-20/h3-5,7-12,16H,2,6,14H2,1H3,(H,26,27,32). The number of halogens is 1. The molecule has 0 aliphatic heterocycles. The second-order valence-electron chi connectivity index (χ2n) is 7.33. The number of nitriles is 1. The summed E-state index contributed by atoms with van der Waals surface area (Å²) in [4.78, 5) is 32.6. The number of nitrogens with one attached hydrogen (secondary N) is 1. The monoisotopic (exact) mass is 477 g/mol. The van der Waals surface area contributed by atoms with Crippen molar-refractivity contribution in [1.82, 2.24) is 24.3 Å². The van der Waals surface area contributed by atoms with E-state index in [4.69, 9.17) is 21.6 Å². The van der Waals surface area contributed by atoms with E-state index in [-0.39, 0.29) is 35.7 Å². The highest BCUT2D eigenvalue weighted by Gasteiger charge is 2.11. The molecule has 1 aliphatic carbocycles. The molecule has 0 fully saturated rings. The minimum atomic E-state index is -0.532. The predicted octanol–water partition coefficient (Wildman–Crippen LogP) is 2.54. The van der Waals surface area contributed by atoms with Crippen LogP contribution < -0.4 is 21.7 Å². The molecule has 1 unspecified atom stereocenters. The second-order valence-corrected chi connectivity index (χ2v) is 7.89. The topological polar surface area (TPSA) is 131 Å². The van der Waals surface area contributed by atoms with Gasteiger partial charge in [0.25, 0.3) is 0 Å². The molecule has 0 saturated heterocycles. The molecule has 0 amide bonds. The number of aromatic nitrogens is 5. The smallest absolute Gasteiger partial charge is 0.335 e. The highest BCUT2D eigenvalue weighted by Crippen LogP contribution is 2.22. The van der Waals surface area contributed by atoms with Gasteiger partial charge in [-0.05, 0) is 49.2 Å². The summed E-state index contributed by atoms with van der Waals surface area (Å²) in [6, 6.07) is 11.6. The Morgan fingerprint density at radius 1 is 1.21 bits per heavy atom. The van der Waals surface area contributed by atoms with Crippen LogP contribution in [0.4, 0.5) is 5.69 Å². The number of allylic oxidation sites excluding steroid dienone is 4. The Morgan fingerprint density at radius 3 is 2.62 bits per heavy atom. The molecule has 34 heavy (non-hydrogen) atoms. The van der Waals surface area contributed by atoms with E-state index in [0.29, 0.717) is 17.9 Å². The van der Waals surface area contributed by atoms with Crippen LogP contribution in [0.1, 0.15) is 19.0 Å². The molecule has 2 aromatic heterocycles. The average molecular weight is 478 g/mol. The highest BCUT2D eigenvalue weighted by molar-refractivity contribution is 6.22. The molecule has 0 bridgehead atoms. The lowest BCUT2D eigenvalue weighted by molar-refractivity contribution is 0.455. The number of hydrogen-bond donors (Lipinski definition) is 1. The Morgan fingerprint density at radius 2 is 2.00 bits per heavy atom. The van der Waals surface area contributed by atoms with Crippen molar-refractivity contribution in [2.45, 2.75) is 31.8 Å². The Labute approximate surface area is 198 Å². The van der Waals surface area contributed by atoms with Gasteiger partial charge in [0, 0.05) is 12.6 Å². The predicted molar refractivity (Wildman–Crippen MR) is 125 cm³/mol. The van der Waals surface area contributed by atoms with Crippen molar-refractivity contribution in [3.8, 4) is 17.7 Å². The van der Waals surface area contributed by atoms with Crippen molar-refractivity contribution in [2.24, 2.45) is 4.99 Å². The first-order valence-corrected chi connectivity index (χ1v) is 10.9. The molecule has 1 atom stereocenters. The summed E-state index contributed by atoms with van der Waals surface area (Å²) in [6.45, 7) is 2.21. The quantitative estimate of drug-likeness (QED) is 0.543. The first kappa shape index (κ1) is 22.9. The molecule has 0 spiro atoms. The van der Waals surface area contributed by atoms with Crippen molar-refractivity contribution in [3.63, 3.8) is 0 Å². The van der Waals surface area contributed by atoms with Gasteiger partial charge >= 0.3 is 11.4 Å².